The molecule has 1 rings (SSSR count). The van der Waals surface area contributed by atoms with Gasteiger partial charge in [-0.2, -0.15) is 0 Å². The van der Waals surface area contributed by atoms with E-state index in [0.717, 1.165) is 5.69 Å². The first kappa shape index (κ1) is 7.22. The van der Waals surface area contributed by atoms with E-state index in [1.807, 2.05) is 18.2 Å². The summed E-state index contributed by atoms with van der Waals surface area (Å²) >= 11 is 0. The molecule has 1 aromatic rings. The van der Waals surface area contributed by atoms with Crippen LogP contribution in [0.15, 0.2) is 24.4 Å². The Bertz CT molecular complexity index is 184. The Morgan fingerprint density at radius 3 is 2.90 bits per heavy atom. The number of nitrogens with zero attached hydrogens (tertiary/aromatic N) is 1. The number of hydrogen-bond acceptors (Lipinski definition) is 2. The molecule has 0 aliphatic heterocycles. The second-order valence-electron chi connectivity index (χ2n) is 2.15. The number of rotatable bonds is 2. The second-order valence-corrected chi connectivity index (χ2v) is 2.15. The number of pyridine rings is 1. The van der Waals surface area contributed by atoms with Gasteiger partial charge in [0.1, 0.15) is 0 Å². The summed E-state index contributed by atoms with van der Waals surface area (Å²) in [5.74, 6) is 0. The van der Waals surface area contributed by atoms with Gasteiger partial charge >= 0.3 is 0 Å². The van der Waals surface area contributed by atoms with E-state index in [2.05, 4.69) is 11.9 Å². The topological polar surface area (TPSA) is 38.9 Å². The van der Waals surface area contributed by atoms with Gasteiger partial charge in [-0.05, 0) is 18.6 Å². The van der Waals surface area contributed by atoms with Crippen LogP contribution >= 0.6 is 0 Å². The van der Waals surface area contributed by atoms with Crippen molar-refractivity contribution in [2.24, 2.45) is 5.73 Å². The van der Waals surface area contributed by atoms with Gasteiger partial charge in [-0.25, -0.2) is 0 Å². The SMILES string of the molecule is [CH2]CC(N)c1ccccn1. The van der Waals surface area contributed by atoms with Crippen LogP contribution in [-0.4, -0.2) is 4.98 Å². The van der Waals surface area contributed by atoms with Gasteiger partial charge in [-0.3, -0.25) is 4.98 Å². The van der Waals surface area contributed by atoms with Crippen molar-refractivity contribution in [2.45, 2.75) is 12.5 Å². The maximum absolute atomic E-state index is 5.67. The van der Waals surface area contributed by atoms with Crippen LogP contribution in [0.25, 0.3) is 0 Å². The Balaban J connectivity index is 2.75. The first-order chi connectivity index (χ1) is 4.84. The van der Waals surface area contributed by atoms with Gasteiger partial charge in [0.2, 0.25) is 0 Å². The molecule has 0 saturated heterocycles. The Kier molecular flexibility index (Phi) is 2.40. The Morgan fingerprint density at radius 1 is 1.60 bits per heavy atom. The van der Waals surface area contributed by atoms with Crippen LogP contribution in [0, 0.1) is 6.92 Å². The first-order valence-corrected chi connectivity index (χ1v) is 3.30. The molecule has 53 valence electrons. The molecule has 2 nitrogen and oxygen atoms in total. The Hall–Kier alpha value is -0.890. The maximum atomic E-state index is 5.67. The monoisotopic (exact) mass is 135 g/mol. The molecule has 1 heterocycles. The summed E-state index contributed by atoms with van der Waals surface area (Å²) in [5, 5.41) is 0. The van der Waals surface area contributed by atoms with Crippen LogP contribution in [0.5, 0.6) is 0 Å². The zero-order valence-corrected chi connectivity index (χ0v) is 5.83. The molecule has 0 fully saturated rings. The summed E-state index contributed by atoms with van der Waals surface area (Å²) in [6.45, 7) is 3.70. The average molecular weight is 135 g/mol. The Morgan fingerprint density at radius 2 is 2.40 bits per heavy atom. The van der Waals surface area contributed by atoms with Crippen molar-refractivity contribution in [2.75, 3.05) is 0 Å². The molecule has 0 bridgehead atoms. The van der Waals surface area contributed by atoms with Gasteiger partial charge in [0, 0.05) is 12.2 Å². The van der Waals surface area contributed by atoms with Crippen molar-refractivity contribution in [1.29, 1.82) is 0 Å². The van der Waals surface area contributed by atoms with Crippen LogP contribution in [0.2, 0.25) is 0 Å². The van der Waals surface area contributed by atoms with Gasteiger partial charge in [-0.15, -0.1) is 0 Å². The summed E-state index contributed by atoms with van der Waals surface area (Å²) in [4.78, 5) is 4.08. The average Bonchev–Trinajstić information content (AvgIpc) is 2.05. The minimum Gasteiger partial charge on any atom is -0.323 e. The zero-order valence-electron chi connectivity index (χ0n) is 5.83. The molecule has 10 heavy (non-hydrogen) atoms. The van der Waals surface area contributed by atoms with Gasteiger partial charge in [-0.1, -0.05) is 13.0 Å². The summed E-state index contributed by atoms with van der Waals surface area (Å²) in [6.07, 6.45) is 2.43. The van der Waals surface area contributed by atoms with E-state index in [4.69, 9.17) is 5.73 Å². The highest BCUT2D eigenvalue weighted by Crippen LogP contribution is 2.07. The minimum absolute atomic E-state index is 0.0128. The van der Waals surface area contributed by atoms with Crippen LogP contribution in [-0.2, 0) is 0 Å². The molecule has 0 spiro atoms. The smallest absolute Gasteiger partial charge is 0.0570 e. The molecule has 0 aromatic carbocycles. The fourth-order valence-electron chi connectivity index (χ4n) is 0.743. The summed E-state index contributed by atoms with van der Waals surface area (Å²) < 4.78 is 0. The number of aromatic nitrogens is 1. The molecule has 1 radical (unpaired) electrons. The zero-order chi connectivity index (χ0) is 7.40. The summed E-state index contributed by atoms with van der Waals surface area (Å²) in [7, 11) is 0. The van der Waals surface area contributed by atoms with Crippen LogP contribution in [0.1, 0.15) is 18.2 Å². The lowest BCUT2D eigenvalue weighted by Crippen LogP contribution is -2.09. The van der Waals surface area contributed by atoms with E-state index in [1.54, 1.807) is 6.20 Å². The molecule has 1 atom stereocenters. The fourth-order valence-corrected chi connectivity index (χ4v) is 0.743. The predicted octanol–water partition coefficient (Wildman–Crippen LogP) is 1.31. The van der Waals surface area contributed by atoms with Crippen molar-refractivity contribution in [1.82, 2.24) is 4.98 Å². The molecule has 1 aromatic heterocycles. The van der Waals surface area contributed by atoms with Crippen molar-refractivity contribution < 1.29 is 0 Å². The largest absolute Gasteiger partial charge is 0.323 e. The minimum atomic E-state index is -0.0128. The normalized spacial score (nSPS) is 13.0. The summed E-state index contributed by atoms with van der Waals surface area (Å²) in [6, 6.07) is 5.70. The van der Waals surface area contributed by atoms with Crippen molar-refractivity contribution in [3.63, 3.8) is 0 Å². The predicted molar refractivity (Wildman–Crippen MR) is 41.1 cm³/mol. The van der Waals surface area contributed by atoms with Crippen LogP contribution < -0.4 is 5.73 Å². The summed E-state index contributed by atoms with van der Waals surface area (Å²) in [5.41, 5.74) is 6.58. The molecule has 1 unspecified atom stereocenters. The molecule has 0 aliphatic carbocycles. The van der Waals surface area contributed by atoms with E-state index in [1.165, 1.54) is 0 Å². The molecule has 0 amide bonds. The lowest BCUT2D eigenvalue weighted by atomic mass is 10.1. The number of hydrogen-bond donors (Lipinski definition) is 1. The highest BCUT2D eigenvalue weighted by molar-refractivity contribution is 5.07. The first-order valence-electron chi connectivity index (χ1n) is 3.30. The maximum Gasteiger partial charge on any atom is 0.0570 e. The van der Waals surface area contributed by atoms with E-state index in [-0.39, 0.29) is 6.04 Å². The quantitative estimate of drug-likeness (QED) is 0.664. The molecular formula is C8H11N2. The third-order valence-corrected chi connectivity index (χ3v) is 1.38. The van der Waals surface area contributed by atoms with E-state index in [0.29, 0.717) is 6.42 Å². The highest BCUT2D eigenvalue weighted by Gasteiger charge is 2.01. The van der Waals surface area contributed by atoms with E-state index >= 15 is 0 Å². The lowest BCUT2D eigenvalue weighted by Gasteiger charge is -2.05. The van der Waals surface area contributed by atoms with Crippen LogP contribution in [0.4, 0.5) is 0 Å². The lowest BCUT2D eigenvalue weighted by molar-refractivity contribution is 0.711. The fraction of sp³-hybridized carbons (Fsp3) is 0.250. The number of nitrogens with two attached hydrogens (primary N) is 1. The van der Waals surface area contributed by atoms with Gasteiger partial charge in [0.15, 0.2) is 0 Å². The van der Waals surface area contributed by atoms with Crippen molar-refractivity contribution in [3.8, 4) is 0 Å². The highest BCUT2D eigenvalue weighted by atomic mass is 14.8. The third kappa shape index (κ3) is 1.54. The van der Waals surface area contributed by atoms with Gasteiger partial charge in [0.25, 0.3) is 0 Å². The van der Waals surface area contributed by atoms with Crippen LogP contribution in [0.3, 0.4) is 0 Å². The van der Waals surface area contributed by atoms with Gasteiger partial charge in [0.05, 0.1) is 5.69 Å². The van der Waals surface area contributed by atoms with Crippen molar-refractivity contribution >= 4 is 0 Å². The molecule has 0 saturated carbocycles. The van der Waals surface area contributed by atoms with E-state index < -0.39 is 0 Å². The van der Waals surface area contributed by atoms with Crippen molar-refractivity contribution in [3.05, 3.63) is 37.0 Å². The molecule has 0 aliphatic rings. The van der Waals surface area contributed by atoms with Gasteiger partial charge < -0.3 is 5.73 Å². The molecule has 2 N–H and O–H groups in total. The third-order valence-electron chi connectivity index (χ3n) is 1.38. The second kappa shape index (κ2) is 3.32. The molecular weight excluding hydrogens is 124 g/mol. The Labute approximate surface area is 61.1 Å². The standard InChI is InChI=1S/C8H11N2/c1-2-7(9)8-5-3-4-6-10-8/h3-7H,1-2,9H2. The van der Waals surface area contributed by atoms with E-state index in [9.17, 15) is 0 Å². The molecule has 2 heteroatoms.